The third-order valence-electron chi connectivity index (χ3n) is 3.46. The molecule has 18 heavy (non-hydrogen) atoms. The fourth-order valence-corrected chi connectivity index (χ4v) is 2.66. The molecule has 0 radical (unpaired) electrons. The largest absolute Gasteiger partial charge is 0.416 e. The molecule has 0 amide bonds. The van der Waals surface area contributed by atoms with Gasteiger partial charge in [-0.25, -0.2) is 0 Å². The van der Waals surface area contributed by atoms with Crippen LogP contribution in [0.5, 0.6) is 0 Å². The van der Waals surface area contributed by atoms with Crippen LogP contribution in [0.3, 0.4) is 0 Å². The topological polar surface area (TPSA) is 38.0 Å². The number of halogens is 4. The van der Waals surface area contributed by atoms with Gasteiger partial charge in [0.15, 0.2) is 0 Å². The molecule has 1 unspecified atom stereocenters. The van der Waals surface area contributed by atoms with Crippen LogP contribution in [0.15, 0.2) is 22.7 Å². The molecule has 1 atom stereocenters. The van der Waals surface area contributed by atoms with Gasteiger partial charge in [0.25, 0.3) is 0 Å². The highest BCUT2D eigenvalue weighted by molar-refractivity contribution is 9.10. The third kappa shape index (κ3) is 2.70. The number of nitrogens with two attached hydrogens (primary N) is 1. The second kappa shape index (κ2) is 5.19. The molecule has 3 N–H and O–H groups in total. The van der Waals surface area contributed by atoms with E-state index in [-0.39, 0.29) is 11.5 Å². The van der Waals surface area contributed by atoms with Crippen LogP contribution in [0.4, 0.5) is 13.2 Å². The Kier molecular flexibility index (Phi) is 3.99. The minimum atomic E-state index is -4.36. The highest BCUT2D eigenvalue weighted by atomic mass is 79.9. The number of nitrogens with one attached hydrogen (secondary N) is 1. The van der Waals surface area contributed by atoms with Crippen molar-refractivity contribution in [2.24, 2.45) is 11.8 Å². The fourth-order valence-electron chi connectivity index (χ4n) is 2.30. The number of rotatable bonds is 3. The Balaban J connectivity index is 2.41. The van der Waals surface area contributed by atoms with Crippen LogP contribution < -0.4 is 11.3 Å². The third-order valence-corrected chi connectivity index (χ3v) is 3.95. The first-order valence-electron chi connectivity index (χ1n) is 5.76. The molecular weight excluding hydrogens is 309 g/mol. The van der Waals surface area contributed by atoms with Crippen LogP contribution in [0, 0.1) is 5.92 Å². The number of hydrazine groups is 1. The Hall–Kier alpha value is -0.590. The molecule has 1 aromatic rings. The van der Waals surface area contributed by atoms with Gasteiger partial charge in [0.05, 0.1) is 5.56 Å². The van der Waals surface area contributed by atoms with Gasteiger partial charge in [0.2, 0.25) is 0 Å². The van der Waals surface area contributed by atoms with Crippen molar-refractivity contribution >= 4 is 15.9 Å². The Bertz CT molecular complexity index is 430. The molecule has 0 heterocycles. The normalized spacial score (nSPS) is 18.5. The minimum absolute atomic E-state index is 0.192. The van der Waals surface area contributed by atoms with E-state index in [2.05, 4.69) is 21.4 Å². The van der Waals surface area contributed by atoms with Gasteiger partial charge >= 0.3 is 6.18 Å². The van der Waals surface area contributed by atoms with Crippen LogP contribution in [-0.4, -0.2) is 0 Å². The molecule has 0 saturated heterocycles. The van der Waals surface area contributed by atoms with Gasteiger partial charge in [-0.05, 0) is 36.5 Å². The standard InChI is InChI=1S/C12H14BrF3N2/c13-8-4-5-9(10(6-8)12(14,15)16)11(18-17)7-2-1-3-7/h4-7,11,18H,1-3,17H2. The van der Waals surface area contributed by atoms with Gasteiger partial charge in [0, 0.05) is 10.5 Å². The smallest absolute Gasteiger partial charge is 0.271 e. The van der Waals surface area contributed by atoms with Crippen molar-refractivity contribution in [2.45, 2.75) is 31.5 Å². The molecule has 0 spiro atoms. The highest BCUT2D eigenvalue weighted by Crippen LogP contribution is 2.42. The molecule has 100 valence electrons. The van der Waals surface area contributed by atoms with Gasteiger partial charge in [-0.15, -0.1) is 0 Å². The van der Waals surface area contributed by atoms with E-state index in [1.807, 2.05) is 0 Å². The summed E-state index contributed by atoms with van der Waals surface area (Å²) in [4.78, 5) is 0. The maximum atomic E-state index is 13.0. The molecular formula is C12H14BrF3N2. The lowest BCUT2D eigenvalue weighted by atomic mass is 9.76. The van der Waals surface area contributed by atoms with Crippen LogP contribution in [0.25, 0.3) is 0 Å². The number of alkyl halides is 3. The fraction of sp³-hybridized carbons (Fsp3) is 0.500. The Morgan fingerprint density at radius 1 is 1.33 bits per heavy atom. The molecule has 1 aliphatic rings. The molecule has 0 aliphatic heterocycles. The van der Waals surface area contributed by atoms with Gasteiger partial charge in [-0.3, -0.25) is 11.3 Å². The van der Waals surface area contributed by atoms with Crippen molar-refractivity contribution in [1.82, 2.24) is 5.43 Å². The van der Waals surface area contributed by atoms with Crippen molar-refractivity contribution in [3.8, 4) is 0 Å². The monoisotopic (exact) mass is 322 g/mol. The molecule has 0 bridgehead atoms. The van der Waals surface area contributed by atoms with Crippen molar-refractivity contribution < 1.29 is 13.2 Å². The summed E-state index contributed by atoms with van der Waals surface area (Å²) in [5.74, 6) is 5.63. The first kappa shape index (κ1) is 13.8. The summed E-state index contributed by atoms with van der Waals surface area (Å²) in [6, 6.07) is 3.80. The molecule has 1 aliphatic carbocycles. The zero-order valence-corrected chi connectivity index (χ0v) is 11.2. The first-order valence-corrected chi connectivity index (χ1v) is 6.55. The number of hydrogen-bond acceptors (Lipinski definition) is 2. The minimum Gasteiger partial charge on any atom is -0.271 e. The summed E-state index contributed by atoms with van der Waals surface area (Å²) in [7, 11) is 0. The quantitative estimate of drug-likeness (QED) is 0.656. The summed E-state index contributed by atoms with van der Waals surface area (Å²) in [6.45, 7) is 0. The van der Waals surface area contributed by atoms with Crippen LogP contribution >= 0.6 is 15.9 Å². The number of hydrogen-bond donors (Lipinski definition) is 2. The van der Waals surface area contributed by atoms with E-state index in [0.29, 0.717) is 4.47 Å². The Morgan fingerprint density at radius 2 is 2.00 bits per heavy atom. The summed E-state index contributed by atoms with van der Waals surface area (Å²) in [5, 5.41) is 0. The van der Waals surface area contributed by atoms with Crippen molar-refractivity contribution in [3.63, 3.8) is 0 Å². The zero-order chi connectivity index (χ0) is 13.3. The van der Waals surface area contributed by atoms with E-state index >= 15 is 0 Å². The van der Waals surface area contributed by atoms with E-state index in [9.17, 15) is 13.2 Å². The average Bonchev–Trinajstić information content (AvgIpc) is 2.22. The summed E-state index contributed by atoms with van der Waals surface area (Å²) in [6.07, 6.45) is -1.47. The molecule has 6 heteroatoms. The molecule has 0 aromatic heterocycles. The second-order valence-electron chi connectivity index (χ2n) is 4.56. The molecule has 2 rings (SSSR count). The van der Waals surface area contributed by atoms with Gasteiger partial charge in [-0.1, -0.05) is 28.4 Å². The maximum Gasteiger partial charge on any atom is 0.416 e. The van der Waals surface area contributed by atoms with Crippen molar-refractivity contribution in [1.29, 1.82) is 0 Å². The summed E-state index contributed by atoms with van der Waals surface area (Å²) >= 11 is 3.08. The summed E-state index contributed by atoms with van der Waals surface area (Å²) < 4.78 is 39.5. The van der Waals surface area contributed by atoms with Gasteiger partial charge in [0.1, 0.15) is 0 Å². The predicted octanol–water partition coefficient (Wildman–Crippen LogP) is 3.77. The highest BCUT2D eigenvalue weighted by Gasteiger charge is 2.38. The lowest BCUT2D eigenvalue weighted by molar-refractivity contribution is -0.138. The second-order valence-corrected chi connectivity index (χ2v) is 5.48. The van der Waals surface area contributed by atoms with E-state index < -0.39 is 17.8 Å². The van der Waals surface area contributed by atoms with E-state index in [1.165, 1.54) is 6.07 Å². The van der Waals surface area contributed by atoms with E-state index in [1.54, 1.807) is 6.07 Å². The van der Waals surface area contributed by atoms with E-state index in [0.717, 1.165) is 25.3 Å². The molecule has 1 fully saturated rings. The summed E-state index contributed by atoms with van der Waals surface area (Å²) in [5.41, 5.74) is 2.15. The Labute approximate surface area is 112 Å². The molecule has 1 saturated carbocycles. The zero-order valence-electron chi connectivity index (χ0n) is 9.60. The first-order chi connectivity index (χ1) is 8.43. The van der Waals surface area contributed by atoms with Crippen molar-refractivity contribution in [3.05, 3.63) is 33.8 Å². The van der Waals surface area contributed by atoms with Crippen molar-refractivity contribution in [2.75, 3.05) is 0 Å². The van der Waals surface area contributed by atoms with Crippen LogP contribution in [0.1, 0.15) is 36.4 Å². The molecule has 2 nitrogen and oxygen atoms in total. The lowest BCUT2D eigenvalue weighted by Gasteiger charge is -2.34. The average molecular weight is 323 g/mol. The lowest BCUT2D eigenvalue weighted by Crippen LogP contribution is -2.37. The maximum absolute atomic E-state index is 13.0. The van der Waals surface area contributed by atoms with Gasteiger partial charge in [-0.2, -0.15) is 13.2 Å². The van der Waals surface area contributed by atoms with Gasteiger partial charge < -0.3 is 0 Å². The predicted molar refractivity (Wildman–Crippen MR) is 66.5 cm³/mol. The Morgan fingerprint density at radius 3 is 2.44 bits per heavy atom. The van der Waals surface area contributed by atoms with E-state index in [4.69, 9.17) is 5.84 Å². The molecule has 1 aromatic carbocycles. The SMILES string of the molecule is NNC(c1ccc(Br)cc1C(F)(F)F)C1CCC1. The number of benzene rings is 1. The van der Waals surface area contributed by atoms with Crippen LogP contribution in [-0.2, 0) is 6.18 Å². The van der Waals surface area contributed by atoms with Crippen LogP contribution in [0.2, 0.25) is 0 Å².